The molecule has 3 N–H and O–H groups in total. The van der Waals surface area contributed by atoms with Crippen molar-refractivity contribution >= 4 is 23.8 Å². The number of carbonyl (C=O) groups excluding carboxylic acids is 3. The highest BCUT2D eigenvalue weighted by atomic mass is 16.6. The Morgan fingerprint density at radius 1 is 1.03 bits per heavy atom. The van der Waals surface area contributed by atoms with Crippen LogP contribution in [0, 0.1) is 0 Å². The first-order chi connectivity index (χ1) is 14.1. The summed E-state index contributed by atoms with van der Waals surface area (Å²) in [5, 5.41) is 15.4. The van der Waals surface area contributed by atoms with Crippen molar-refractivity contribution in [1.29, 1.82) is 0 Å². The fourth-order valence-corrected chi connectivity index (χ4v) is 3.22. The number of hydrogen-bond donors (Lipinski definition) is 3. The Bertz CT molecular complexity index is 841. The number of anilines is 1. The molecular weight excluding hydrogens is 402 g/mol. The van der Waals surface area contributed by atoms with E-state index in [0.717, 1.165) is 0 Å². The normalized spacial score (nSPS) is 19.0. The summed E-state index contributed by atoms with van der Waals surface area (Å²) in [5.74, 6) is -0.597. The van der Waals surface area contributed by atoms with Crippen LogP contribution >= 0.6 is 0 Å². The number of likely N-dealkylation sites (tertiary alicyclic amines) is 1. The summed E-state index contributed by atoms with van der Waals surface area (Å²) in [6, 6.07) is 3.72. The highest BCUT2D eigenvalue weighted by Crippen LogP contribution is 2.23. The average Bonchev–Trinajstić information content (AvgIpc) is 2.91. The van der Waals surface area contributed by atoms with Crippen molar-refractivity contribution in [2.24, 2.45) is 0 Å². The van der Waals surface area contributed by atoms with E-state index in [2.05, 4.69) is 10.6 Å². The summed E-state index contributed by atoms with van der Waals surface area (Å²) in [6.07, 6.45) is -0.535. The van der Waals surface area contributed by atoms with Crippen LogP contribution in [0.4, 0.5) is 15.3 Å². The van der Waals surface area contributed by atoms with Crippen LogP contribution in [0.25, 0.3) is 0 Å². The number of benzene rings is 1. The van der Waals surface area contributed by atoms with Gasteiger partial charge in [-0.15, -0.1) is 0 Å². The predicted molar refractivity (Wildman–Crippen MR) is 116 cm³/mol. The zero-order valence-corrected chi connectivity index (χ0v) is 19.2. The van der Waals surface area contributed by atoms with Crippen molar-refractivity contribution in [2.45, 2.75) is 78.2 Å². The molecule has 9 heteroatoms. The van der Waals surface area contributed by atoms with E-state index in [0.29, 0.717) is 13.0 Å². The molecule has 2 atom stereocenters. The second-order valence-corrected chi connectivity index (χ2v) is 9.78. The second kappa shape index (κ2) is 9.03. The monoisotopic (exact) mass is 435 g/mol. The summed E-state index contributed by atoms with van der Waals surface area (Å²) in [6.45, 7) is 12.8. The van der Waals surface area contributed by atoms with Gasteiger partial charge in [0.2, 0.25) is 0 Å². The molecule has 3 amide bonds. The van der Waals surface area contributed by atoms with Crippen molar-refractivity contribution in [3.8, 4) is 5.75 Å². The van der Waals surface area contributed by atoms with E-state index >= 15 is 0 Å². The molecule has 2 rings (SSSR count). The largest absolute Gasteiger partial charge is 0.508 e. The quantitative estimate of drug-likeness (QED) is 0.664. The molecule has 0 aliphatic carbocycles. The maximum atomic E-state index is 12.7. The van der Waals surface area contributed by atoms with Gasteiger partial charge in [0.15, 0.2) is 0 Å². The molecule has 1 heterocycles. The third-order valence-electron chi connectivity index (χ3n) is 4.36. The van der Waals surface area contributed by atoms with E-state index in [1.807, 2.05) is 6.92 Å². The molecule has 0 aromatic heterocycles. The molecule has 0 unspecified atom stereocenters. The molecule has 1 saturated heterocycles. The Hall–Kier alpha value is -2.97. The van der Waals surface area contributed by atoms with Crippen LogP contribution in [0.5, 0.6) is 5.75 Å². The maximum absolute atomic E-state index is 12.7. The Balaban J connectivity index is 2.03. The van der Waals surface area contributed by atoms with Crippen LogP contribution in [-0.2, 0) is 9.47 Å². The van der Waals surface area contributed by atoms with E-state index in [-0.39, 0.29) is 29.1 Å². The van der Waals surface area contributed by atoms with Gasteiger partial charge < -0.3 is 24.8 Å². The maximum Gasteiger partial charge on any atom is 0.412 e. The van der Waals surface area contributed by atoms with Crippen molar-refractivity contribution < 1.29 is 29.0 Å². The van der Waals surface area contributed by atoms with Gasteiger partial charge in [-0.05, 0) is 67.0 Å². The van der Waals surface area contributed by atoms with Gasteiger partial charge in [-0.2, -0.15) is 0 Å². The number of hydrogen-bond acceptors (Lipinski definition) is 6. The first kappa shape index (κ1) is 24.3. The lowest BCUT2D eigenvalue weighted by atomic mass is 10.1. The molecule has 1 aromatic carbocycles. The topological polar surface area (TPSA) is 117 Å². The van der Waals surface area contributed by atoms with E-state index in [1.54, 1.807) is 46.4 Å². The Morgan fingerprint density at radius 3 is 2.23 bits per heavy atom. The second-order valence-electron chi connectivity index (χ2n) is 9.78. The number of nitrogens with one attached hydrogen (secondary N) is 2. The van der Waals surface area contributed by atoms with Gasteiger partial charge >= 0.3 is 12.2 Å². The van der Waals surface area contributed by atoms with Crippen LogP contribution < -0.4 is 10.6 Å². The number of nitrogens with zero attached hydrogens (tertiary/aromatic N) is 1. The highest BCUT2D eigenvalue weighted by molar-refractivity contribution is 5.97. The molecule has 0 saturated carbocycles. The molecular formula is C22H33N3O6. The molecule has 172 valence electrons. The van der Waals surface area contributed by atoms with Gasteiger partial charge in [-0.1, -0.05) is 0 Å². The summed E-state index contributed by atoms with van der Waals surface area (Å²) in [7, 11) is 0. The van der Waals surface area contributed by atoms with Gasteiger partial charge in [0.1, 0.15) is 17.0 Å². The van der Waals surface area contributed by atoms with E-state index in [4.69, 9.17) is 9.47 Å². The van der Waals surface area contributed by atoms with Gasteiger partial charge in [0.25, 0.3) is 5.91 Å². The SMILES string of the molecule is C[C@@H]1C[C@H](NC(=O)c2cc(O)cc(NC(=O)OC(C)(C)C)c2)CN1C(=O)OC(C)(C)C. The van der Waals surface area contributed by atoms with Crippen LogP contribution in [0.1, 0.15) is 65.2 Å². The van der Waals surface area contributed by atoms with Gasteiger partial charge in [0, 0.05) is 35.9 Å². The summed E-state index contributed by atoms with van der Waals surface area (Å²) in [5.41, 5.74) is -0.874. The van der Waals surface area contributed by atoms with Gasteiger partial charge in [0.05, 0.1) is 0 Å². The third-order valence-corrected chi connectivity index (χ3v) is 4.36. The lowest BCUT2D eigenvalue weighted by molar-refractivity contribution is 0.0235. The summed E-state index contributed by atoms with van der Waals surface area (Å²) >= 11 is 0. The van der Waals surface area contributed by atoms with Crippen LogP contribution in [-0.4, -0.2) is 57.9 Å². The molecule has 0 radical (unpaired) electrons. The molecule has 0 bridgehead atoms. The lowest BCUT2D eigenvalue weighted by Crippen LogP contribution is -2.41. The Labute approximate surface area is 183 Å². The fourth-order valence-electron chi connectivity index (χ4n) is 3.22. The number of ether oxygens (including phenoxy) is 2. The molecule has 1 aromatic rings. The zero-order chi connectivity index (χ0) is 23.6. The number of phenols is 1. The summed E-state index contributed by atoms with van der Waals surface area (Å²) in [4.78, 5) is 38.7. The fraction of sp³-hybridized carbons (Fsp3) is 0.591. The van der Waals surface area contributed by atoms with Crippen LogP contribution in [0.2, 0.25) is 0 Å². The zero-order valence-electron chi connectivity index (χ0n) is 19.2. The van der Waals surface area contributed by atoms with Crippen molar-refractivity contribution in [1.82, 2.24) is 10.2 Å². The number of rotatable bonds is 3. The molecule has 0 spiro atoms. The van der Waals surface area contributed by atoms with Gasteiger partial charge in [-0.3, -0.25) is 10.1 Å². The minimum atomic E-state index is -0.693. The molecule has 1 fully saturated rings. The molecule has 31 heavy (non-hydrogen) atoms. The number of amides is 3. The van der Waals surface area contributed by atoms with Crippen LogP contribution in [0.3, 0.4) is 0 Å². The van der Waals surface area contributed by atoms with Gasteiger partial charge in [-0.25, -0.2) is 9.59 Å². The van der Waals surface area contributed by atoms with E-state index < -0.39 is 29.3 Å². The number of aromatic hydroxyl groups is 1. The number of phenolic OH excluding ortho intramolecular Hbond substituents is 1. The van der Waals surface area contributed by atoms with Crippen molar-refractivity contribution in [3.63, 3.8) is 0 Å². The Morgan fingerprint density at radius 2 is 1.65 bits per heavy atom. The lowest BCUT2D eigenvalue weighted by Gasteiger charge is -2.26. The molecule has 1 aliphatic rings. The predicted octanol–water partition coefficient (Wildman–Crippen LogP) is 3.87. The van der Waals surface area contributed by atoms with Crippen LogP contribution in [0.15, 0.2) is 18.2 Å². The first-order valence-corrected chi connectivity index (χ1v) is 10.3. The standard InChI is InChI=1S/C22H33N3O6/c1-13-8-16(12-25(13)20(29)31-22(5,6)7)23-18(27)14-9-15(11-17(26)10-14)24-19(28)30-21(2,3)4/h9-11,13,16,26H,8,12H2,1-7H3,(H,23,27)(H,24,28)/t13-,16+/m1/s1. The minimum Gasteiger partial charge on any atom is -0.508 e. The van der Waals surface area contributed by atoms with E-state index in [1.165, 1.54) is 18.2 Å². The third kappa shape index (κ3) is 7.66. The minimum absolute atomic E-state index is 0.0891. The number of carbonyl (C=O) groups is 3. The molecule has 9 nitrogen and oxygen atoms in total. The smallest absolute Gasteiger partial charge is 0.412 e. The average molecular weight is 436 g/mol. The molecule has 1 aliphatic heterocycles. The van der Waals surface area contributed by atoms with Crippen molar-refractivity contribution in [2.75, 3.05) is 11.9 Å². The van der Waals surface area contributed by atoms with Crippen molar-refractivity contribution in [3.05, 3.63) is 23.8 Å². The Kier molecular flexibility index (Phi) is 7.08. The first-order valence-electron chi connectivity index (χ1n) is 10.3. The van der Waals surface area contributed by atoms with E-state index in [9.17, 15) is 19.5 Å². The summed E-state index contributed by atoms with van der Waals surface area (Å²) < 4.78 is 10.6. The highest BCUT2D eigenvalue weighted by Gasteiger charge is 2.35.